The summed E-state index contributed by atoms with van der Waals surface area (Å²) in [5.74, 6) is 0. The summed E-state index contributed by atoms with van der Waals surface area (Å²) in [6, 6.07) is 21.0. The SMILES string of the molecule is CC(SC(S)=C(S)SC(C)c1ccccc1)c1ccccc1. The molecule has 0 fully saturated rings. The molecule has 0 bridgehead atoms. The zero-order chi connectivity index (χ0) is 15.9. The first kappa shape index (κ1) is 17.9. The third kappa shape index (κ3) is 5.34. The van der Waals surface area contributed by atoms with E-state index in [2.05, 4.69) is 87.6 Å². The zero-order valence-corrected chi connectivity index (χ0v) is 16.1. The second-order valence-electron chi connectivity index (χ2n) is 4.95. The van der Waals surface area contributed by atoms with Gasteiger partial charge in [0.05, 0.1) is 8.47 Å². The number of hydrogen-bond donors (Lipinski definition) is 2. The third-order valence-electron chi connectivity index (χ3n) is 3.30. The van der Waals surface area contributed by atoms with Crippen molar-refractivity contribution in [1.29, 1.82) is 0 Å². The molecule has 0 aromatic heterocycles. The molecule has 0 amide bonds. The predicted octanol–water partition coefficient (Wildman–Crippen LogP) is 6.96. The highest BCUT2D eigenvalue weighted by Crippen LogP contribution is 2.45. The molecule has 0 saturated carbocycles. The average Bonchev–Trinajstić information content (AvgIpc) is 2.56. The van der Waals surface area contributed by atoms with Gasteiger partial charge >= 0.3 is 0 Å². The lowest BCUT2D eigenvalue weighted by Crippen LogP contribution is -1.89. The Hall–Kier alpha value is -0.420. The van der Waals surface area contributed by atoms with Crippen molar-refractivity contribution in [2.45, 2.75) is 24.3 Å². The summed E-state index contributed by atoms with van der Waals surface area (Å²) in [6.45, 7) is 4.39. The molecule has 0 heterocycles. The summed E-state index contributed by atoms with van der Waals surface area (Å²) in [5.41, 5.74) is 2.61. The smallest absolute Gasteiger partial charge is 0.0575 e. The van der Waals surface area contributed by atoms with Crippen molar-refractivity contribution in [2.24, 2.45) is 0 Å². The summed E-state index contributed by atoms with van der Waals surface area (Å²) in [5, 5.41) is 0.729. The van der Waals surface area contributed by atoms with Crippen molar-refractivity contribution in [3.8, 4) is 0 Å². The maximum Gasteiger partial charge on any atom is 0.0575 e. The highest BCUT2D eigenvalue weighted by atomic mass is 32.2. The first-order valence-corrected chi connectivity index (χ1v) is 9.78. The van der Waals surface area contributed by atoms with Crippen LogP contribution in [0.3, 0.4) is 0 Å². The van der Waals surface area contributed by atoms with Gasteiger partial charge in [0.1, 0.15) is 0 Å². The van der Waals surface area contributed by atoms with Gasteiger partial charge in [-0.3, -0.25) is 0 Å². The molecule has 0 radical (unpaired) electrons. The summed E-state index contributed by atoms with van der Waals surface area (Å²) >= 11 is 12.8. The van der Waals surface area contributed by atoms with Crippen LogP contribution in [0.4, 0.5) is 0 Å². The van der Waals surface area contributed by atoms with Crippen molar-refractivity contribution >= 4 is 48.8 Å². The minimum absolute atomic E-state index is 0.364. The second kappa shape index (κ2) is 9.02. The van der Waals surface area contributed by atoms with Crippen LogP contribution in [0.5, 0.6) is 0 Å². The highest BCUT2D eigenvalue weighted by molar-refractivity contribution is 8.21. The fourth-order valence-corrected chi connectivity index (χ4v) is 5.03. The molecule has 0 N–H and O–H groups in total. The average molecular weight is 365 g/mol. The van der Waals surface area contributed by atoms with E-state index in [4.69, 9.17) is 0 Å². The van der Waals surface area contributed by atoms with Crippen LogP contribution >= 0.6 is 48.8 Å². The van der Waals surface area contributed by atoms with Gasteiger partial charge in [-0.05, 0) is 25.0 Å². The van der Waals surface area contributed by atoms with Gasteiger partial charge in [-0.25, -0.2) is 0 Å². The van der Waals surface area contributed by atoms with Crippen LogP contribution in [0.25, 0.3) is 0 Å². The quantitative estimate of drug-likeness (QED) is 0.532. The molecule has 2 aromatic rings. The molecule has 0 spiro atoms. The molecule has 0 nitrogen and oxygen atoms in total. The fraction of sp³-hybridized carbons (Fsp3) is 0.222. The maximum atomic E-state index is 4.65. The standard InChI is InChI=1S/C18H20S4/c1-13(15-9-5-3-6-10-15)21-17(19)18(20)22-14(2)16-11-7-4-8-12-16/h3-14,19-20H,1-2H3. The molecular formula is C18H20S4. The van der Waals surface area contributed by atoms with Crippen molar-refractivity contribution in [3.05, 3.63) is 80.3 Å². The van der Waals surface area contributed by atoms with Crippen LogP contribution < -0.4 is 0 Å². The lowest BCUT2D eigenvalue weighted by molar-refractivity contribution is 1.10. The molecule has 0 saturated heterocycles. The molecule has 2 unspecified atom stereocenters. The Balaban J connectivity index is 2.00. The van der Waals surface area contributed by atoms with Crippen molar-refractivity contribution < 1.29 is 0 Å². The maximum absolute atomic E-state index is 4.65. The van der Waals surface area contributed by atoms with E-state index in [0.717, 1.165) is 8.47 Å². The monoisotopic (exact) mass is 364 g/mol. The lowest BCUT2D eigenvalue weighted by Gasteiger charge is -2.15. The highest BCUT2D eigenvalue weighted by Gasteiger charge is 2.13. The van der Waals surface area contributed by atoms with Crippen LogP contribution in [-0.4, -0.2) is 0 Å². The summed E-state index contributed by atoms with van der Waals surface area (Å²) in [7, 11) is 0. The van der Waals surface area contributed by atoms with Crippen LogP contribution in [0, 0.1) is 0 Å². The van der Waals surface area contributed by atoms with E-state index in [1.54, 1.807) is 23.5 Å². The van der Waals surface area contributed by atoms with Crippen molar-refractivity contribution in [2.75, 3.05) is 0 Å². The Morgan fingerprint density at radius 1 is 0.682 bits per heavy atom. The number of rotatable bonds is 6. The van der Waals surface area contributed by atoms with E-state index in [1.165, 1.54) is 11.1 Å². The van der Waals surface area contributed by atoms with Gasteiger partial charge in [0.15, 0.2) is 0 Å². The molecule has 0 aliphatic heterocycles. The molecule has 22 heavy (non-hydrogen) atoms. The number of hydrogen-bond acceptors (Lipinski definition) is 4. The first-order valence-electron chi connectivity index (χ1n) is 7.13. The minimum Gasteiger partial charge on any atom is -0.135 e. The molecule has 0 aliphatic carbocycles. The predicted molar refractivity (Wildman–Crippen MR) is 110 cm³/mol. The molecule has 2 rings (SSSR count). The van der Waals surface area contributed by atoms with Gasteiger partial charge in [0, 0.05) is 10.5 Å². The first-order chi connectivity index (χ1) is 10.6. The van der Waals surface area contributed by atoms with Crippen LogP contribution in [-0.2, 0) is 0 Å². The molecule has 2 atom stereocenters. The van der Waals surface area contributed by atoms with E-state index in [-0.39, 0.29) is 0 Å². The van der Waals surface area contributed by atoms with E-state index >= 15 is 0 Å². The van der Waals surface area contributed by atoms with Gasteiger partial charge in [0.2, 0.25) is 0 Å². The Labute approximate surface area is 153 Å². The Kier molecular flexibility index (Phi) is 7.35. The zero-order valence-electron chi connectivity index (χ0n) is 12.6. The van der Waals surface area contributed by atoms with Gasteiger partial charge in [-0.15, -0.1) is 48.8 Å². The normalized spacial score (nSPS) is 15.1. The number of thioether (sulfide) groups is 2. The molecule has 2 aromatic carbocycles. The molecule has 116 valence electrons. The Bertz CT molecular complexity index is 552. The van der Waals surface area contributed by atoms with E-state index in [1.807, 2.05) is 12.1 Å². The van der Waals surface area contributed by atoms with E-state index in [0.29, 0.717) is 10.5 Å². The van der Waals surface area contributed by atoms with Gasteiger partial charge in [-0.1, -0.05) is 60.7 Å². The topological polar surface area (TPSA) is 0 Å². The summed E-state index contributed by atoms with van der Waals surface area (Å²) in [4.78, 5) is 0. The Morgan fingerprint density at radius 2 is 1.00 bits per heavy atom. The number of benzene rings is 2. The lowest BCUT2D eigenvalue weighted by atomic mass is 10.2. The second-order valence-corrected chi connectivity index (χ2v) is 9.15. The van der Waals surface area contributed by atoms with Crippen molar-refractivity contribution in [3.63, 3.8) is 0 Å². The largest absolute Gasteiger partial charge is 0.135 e. The fourth-order valence-electron chi connectivity index (χ4n) is 2.02. The van der Waals surface area contributed by atoms with Crippen LogP contribution in [0.15, 0.2) is 69.1 Å². The molecular weight excluding hydrogens is 344 g/mol. The summed E-state index contributed by atoms with van der Waals surface area (Å²) < 4.78 is 1.96. The van der Waals surface area contributed by atoms with Crippen LogP contribution in [0.1, 0.15) is 35.5 Å². The van der Waals surface area contributed by atoms with E-state index < -0.39 is 0 Å². The van der Waals surface area contributed by atoms with E-state index in [9.17, 15) is 0 Å². The molecule has 4 heteroatoms. The van der Waals surface area contributed by atoms with Gasteiger partial charge in [-0.2, -0.15) is 0 Å². The number of thiol groups is 2. The Morgan fingerprint density at radius 3 is 1.32 bits per heavy atom. The van der Waals surface area contributed by atoms with Crippen molar-refractivity contribution in [1.82, 2.24) is 0 Å². The summed E-state index contributed by atoms with van der Waals surface area (Å²) in [6.07, 6.45) is 0. The van der Waals surface area contributed by atoms with Gasteiger partial charge < -0.3 is 0 Å². The minimum atomic E-state index is 0.364. The third-order valence-corrected chi connectivity index (χ3v) is 7.09. The van der Waals surface area contributed by atoms with Crippen LogP contribution in [0.2, 0.25) is 0 Å². The molecule has 0 aliphatic rings. The van der Waals surface area contributed by atoms with Gasteiger partial charge in [0.25, 0.3) is 0 Å².